The largest absolute Gasteiger partial charge is 0.336 e. The summed E-state index contributed by atoms with van der Waals surface area (Å²) in [4.78, 5) is 12.7. The summed E-state index contributed by atoms with van der Waals surface area (Å²) in [5.74, 6) is -0.263. The van der Waals surface area contributed by atoms with Gasteiger partial charge in [0.1, 0.15) is 5.82 Å². The SMILES string of the molecule is CN1C(=O)NCC1c1ccccc1F. The highest BCUT2D eigenvalue weighted by molar-refractivity contribution is 5.76. The van der Waals surface area contributed by atoms with E-state index < -0.39 is 0 Å². The lowest BCUT2D eigenvalue weighted by atomic mass is 10.1. The van der Waals surface area contributed by atoms with Gasteiger partial charge in [0.2, 0.25) is 0 Å². The molecule has 1 unspecified atom stereocenters. The van der Waals surface area contributed by atoms with Crippen molar-refractivity contribution < 1.29 is 9.18 Å². The molecular formula is C10H11FN2O. The molecule has 0 spiro atoms. The van der Waals surface area contributed by atoms with Crippen molar-refractivity contribution in [3.8, 4) is 0 Å². The van der Waals surface area contributed by atoms with Crippen LogP contribution in [0.2, 0.25) is 0 Å². The fraction of sp³-hybridized carbons (Fsp3) is 0.300. The number of halogens is 1. The van der Waals surface area contributed by atoms with Crippen LogP contribution < -0.4 is 5.32 Å². The first-order valence-corrected chi connectivity index (χ1v) is 4.45. The van der Waals surface area contributed by atoms with Crippen molar-refractivity contribution >= 4 is 6.03 Å². The molecular weight excluding hydrogens is 183 g/mol. The molecule has 1 aromatic carbocycles. The van der Waals surface area contributed by atoms with E-state index in [4.69, 9.17) is 0 Å². The summed E-state index contributed by atoms with van der Waals surface area (Å²) in [6.45, 7) is 0.469. The van der Waals surface area contributed by atoms with E-state index >= 15 is 0 Å². The molecule has 1 aliphatic rings. The third-order valence-corrected chi connectivity index (χ3v) is 2.50. The van der Waals surface area contributed by atoms with Crippen LogP contribution in [0.15, 0.2) is 24.3 Å². The van der Waals surface area contributed by atoms with Gasteiger partial charge in [-0.15, -0.1) is 0 Å². The van der Waals surface area contributed by atoms with Gasteiger partial charge in [-0.2, -0.15) is 0 Å². The average molecular weight is 194 g/mol. The van der Waals surface area contributed by atoms with Gasteiger partial charge in [0, 0.05) is 19.2 Å². The van der Waals surface area contributed by atoms with Gasteiger partial charge >= 0.3 is 6.03 Å². The molecule has 0 aliphatic carbocycles. The maximum atomic E-state index is 13.4. The predicted octanol–water partition coefficient (Wildman–Crippen LogP) is 1.52. The Balaban J connectivity index is 2.32. The minimum atomic E-state index is -0.263. The lowest BCUT2D eigenvalue weighted by Gasteiger charge is -2.18. The number of hydrogen-bond donors (Lipinski definition) is 1. The standard InChI is InChI=1S/C10H11FN2O/c1-13-9(6-12-10(13)14)7-4-2-3-5-8(7)11/h2-5,9H,6H2,1H3,(H,12,14). The molecule has 2 amide bonds. The minimum Gasteiger partial charge on any atom is -0.336 e. The van der Waals surface area contributed by atoms with Crippen LogP contribution in [-0.4, -0.2) is 24.5 Å². The van der Waals surface area contributed by atoms with Gasteiger partial charge in [0.25, 0.3) is 0 Å². The molecule has 1 aliphatic heterocycles. The summed E-state index contributed by atoms with van der Waals surface area (Å²) in [5.41, 5.74) is 0.563. The molecule has 74 valence electrons. The summed E-state index contributed by atoms with van der Waals surface area (Å²) in [7, 11) is 1.67. The summed E-state index contributed by atoms with van der Waals surface area (Å²) < 4.78 is 13.4. The third-order valence-electron chi connectivity index (χ3n) is 2.50. The van der Waals surface area contributed by atoms with Crippen molar-refractivity contribution in [1.82, 2.24) is 10.2 Å². The highest BCUT2D eigenvalue weighted by Crippen LogP contribution is 2.24. The van der Waals surface area contributed by atoms with Crippen LogP contribution >= 0.6 is 0 Å². The van der Waals surface area contributed by atoms with E-state index in [2.05, 4.69) is 5.32 Å². The zero-order chi connectivity index (χ0) is 10.1. The van der Waals surface area contributed by atoms with Crippen LogP contribution in [0.4, 0.5) is 9.18 Å². The first-order chi connectivity index (χ1) is 6.70. The second kappa shape index (κ2) is 3.29. The van der Waals surface area contributed by atoms with E-state index in [-0.39, 0.29) is 17.9 Å². The van der Waals surface area contributed by atoms with Crippen molar-refractivity contribution in [2.45, 2.75) is 6.04 Å². The number of benzene rings is 1. The van der Waals surface area contributed by atoms with Gasteiger partial charge < -0.3 is 10.2 Å². The lowest BCUT2D eigenvalue weighted by molar-refractivity contribution is 0.216. The van der Waals surface area contributed by atoms with Gasteiger partial charge in [0.15, 0.2) is 0 Å². The number of carbonyl (C=O) groups excluding carboxylic acids is 1. The Labute approximate surface area is 81.5 Å². The van der Waals surface area contributed by atoms with Crippen molar-refractivity contribution in [3.63, 3.8) is 0 Å². The molecule has 1 fully saturated rings. The molecule has 4 heteroatoms. The van der Waals surface area contributed by atoms with Crippen molar-refractivity contribution in [1.29, 1.82) is 0 Å². The van der Waals surface area contributed by atoms with Crippen LogP contribution in [0.3, 0.4) is 0 Å². The van der Waals surface area contributed by atoms with Gasteiger partial charge in [-0.25, -0.2) is 9.18 Å². The number of urea groups is 1. The highest BCUT2D eigenvalue weighted by atomic mass is 19.1. The molecule has 3 nitrogen and oxygen atoms in total. The number of hydrogen-bond acceptors (Lipinski definition) is 1. The first-order valence-electron chi connectivity index (χ1n) is 4.45. The number of amides is 2. The second-order valence-electron chi connectivity index (χ2n) is 3.33. The molecule has 14 heavy (non-hydrogen) atoms. The highest BCUT2D eigenvalue weighted by Gasteiger charge is 2.29. The van der Waals surface area contributed by atoms with Crippen LogP contribution in [0, 0.1) is 5.82 Å². The van der Waals surface area contributed by atoms with Gasteiger partial charge in [-0.05, 0) is 6.07 Å². The monoisotopic (exact) mass is 194 g/mol. The average Bonchev–Trinajstić information content (AvgIpc) is 2.49. The van der Waals surface area contributed by atoms with Gasteiger partial charge in [-0.3, -0.25) is 0 Å². The lowest BCUT2D eigenvalue weighted by Crippen LogP contribution is -2.25. The number of likely N-dealkylation sites (N-methyl/N-ethyl adjacent to an activating group) is 1. The normalized spacial score (nSPS) is 21.1. The van der Waals surface area contributed by atoms with Crippen molar-refractivity contribution in [3.05, 3.63) is 35.6 Å². The van der Waals surface area contributed by atoms with Crippen LogP contribution in [0.1, 0.15) is 11.6 Å². The summed E-state index contributed by atoms with van der Waals surface area (Å²) in [5, 5.41) is 2.67. The predicted molar refractivity (Wildman–Crippen MR) is 50.3 cm³/mol. The summed E-state index contributed by atoms with van der Waals surface area (Å²) in [6.07, 6.45) is 0. The number of nitrogens with zero attached hydrogens (tertiary/aromatic N) is 1. The fourth-order valence-corrected chi connectivity index (χ4v) is 1.65. The van der Waals surface area contributed by atoms with Gasteiger partial charge in [-0.1, -0.05) is 18.2 Å². The molecule has 1 heterocycles. The van der Waals surface area contributed by atoms with E-state index in [0.29, 0.717) is 12.1 Å². The van der Waals surface area contributed by atoms with Gasteiger partial charge in [0.05, 0.1) is 6.04 Å². The second-order valence-corrected chi connectivity index (χ2v) is 3.33. The maximum absolute atomic E-state index is 13.4. The number of rotatable bonds is 1. The Hall–Kier alpha value is -1.58. The molecule has 1 aromatic rings. The van der Waals surface area contributed by atoms with E-state index in [0.717, 1.165) is 0 Å². The first kappa shape index (κ1) is 8.99. The van der Waals surface area contributed by atoms with E-state index in [1.807, 2.05) is 0 Å². The fourth-order valence-electron chi connectivity index (χ4n) is 1.65. The Morgan fingerprint density at radius 3 is 2.79 bits per heavy atom. The van der Waals surface area contributed by atoms with E-state index in [9.17, 15) is 9.18 Å². The number of carbonyl (C=O) groups is 1. The molecule has 1 atom stereocenters. The van der Waals surface area contributed by atoms with E-state index in [1.54, 1.807) is 25.2 Å². The summed E-state index contributed by atoms with van der Waals surface area (Å²) >= 11 is 0. The quantitative estimate of drug-likeness (QED) is 0.722. The number of nitrogens with one attached hydrogen (secondary N) is 1. The summed E-state index contributed by atoms with van der Waals surface area (Å²) in [6, 6.07) is 6.18. The smallest absolute Gasteiger partial charge is 0.317 e. The zero-order valence-corrected chi connectivity index (χ0v) is 7.83. The molecule has 0 bridgehead atoms. The molecule has 1 saturated heterocycles. The minimum absolute atomic E-state index is 0.154. The van der Waals surface area contributed by atoms with Crippen molar-refractivity contribution in [2.75, 3.05) is 13.6 Å². The van der Waals surface area contributed by atoms with E-state index in [1.165, 1.54) is 11.0 Å². The Bertz CT molecular complexity index is 367. The topological polar surface area (TPSA) is 32.3 Å². The Kier molecular flexibility index (Phi) is 2.11. The molecule has 1 N–H and O–H groups in total. The molecule has 0 aromatic heterocycles. The van der Waals surface area contributed by atoms with Crippen molar-refractivity contribution in [2.24, 2.45) is 0 Å². The zero-order valence-electron chi connectivity index (χ0n) is 7.83. The van der Waals surface area contributed by atoms with Crippen LogP contribution in [0.5, 0.6) is 0 Å². The third kappa shape index (κ3) is 1.32. The molecule has 0 radical (unpaired) electrons. The van der Waals surface area contributed by atoms with Crippen LogP contribution in [0.25, 0.3) is 0 Å². The van der Waals surface area contributed by atoms with Crippen LogP contribution in [-0.2, 0) is 0 Å². The Morgan fingerprint density at radius 2 is 2.21 bits per heavy atom. The Morgan fingerprint density at radius 1 is 1.50 bits per heavy atom. The molecule has 0 saturated carbocycles. The molecule has 2 rings (SSSR count). The maximum Gasteiger partial charge on any atom is 0.317 e.